The maximum Gasteiger partial charge on any atom is 0.257 e. The Balaban J connectivity index is 1.99. The maximum absolute atomic E-state index is 12.4. The number of aromatic nitrogens is 1. The zero-order valence-corrected chi connectivity index (χ0v) is 11.7. The first kappa shape index (κ1) is 12.8. The average Bonchev–Trinajstić information content (AvgIpc) is 2.81. The molecule has 1 N–H and O–H groups in total. The molecule has 4 heteroatoms. The number of fused-ring (bicyclic) bond motifs is 1. The van der Waals surface area contributed by atoms with Gasteiger partial charge in [0.2, 0.25) is 0 Å². The Bertz CT molecular complexity index is 792. The first-order chi connectivity index (χ1) is 9.65. The second-order valence-electron chi connectivity index (χ2n) is 4.63. The van der Waals surface area contributed by atoms with Crippen LogP contribution in [0.25, 0.3) is 10.9 Å². The summed E-state index contributed by atoms with van der Waals surface area (Å²) >= 11 is 5.92. The molecule has 0 aliphatic rings. The van der Waals surface area contributed by atoms with Crippen molar-refractivity contribution in [3.8, 4) is 0 Å². The Morgan fingerprint density at radius 3 is 2.75 bits per heavy atom. The number of hydrogen-bond acceptors (Lipinski definition) is 1. The average molecular weight is 285 g/mol. The number of nitrogens with one attached hydrogen (secondary N) is 1. The summed E-state index contributed by atoms with van der Waals surface area (Å²) in [5, 5.41) is 4.52. The van der Waals surface area contributed by atoms with Crippen LogP contribution < -0.4 is 5.32 Å². The molecule has 0 radical (unpaired) electrons. The number of benzene rings is 2. The molecule has 100 valence electrons. The van der Waals surface area contributed by atoms with Crippen molar-refractivity contribution in [1.82, 2.24) is 4.57 Å². The smallest absolute Gasteiger partial charge is 0.257 e. The molecule has 0 aliphatic heterocycles. The molecule has 0 atom stereocenters. The SMILES string of the molecule is Cn1ccc2cccc(C(=O)Nc3cccc(Cl)c3)c21. The van der Waals surface area contributed by atoms with Gasteiger partial charge in [-0.15, -0.1) is 0 Å². The van der Waals surface area contributed by atoms with Crippen LogP contribution in [0.2, 0.25) is 5.02 Å². The molecule has 0 saturated carbocycles. The molecule has 0 aliphatic carbocycles. The van der Waals surface area contributed by atoms with E-state index in [9.17, 15) is 4.79 Å². The van der Waals surface area contributed by atoms with Crippen LogP contribution in [0.5, 0.6) is 0 Å². The minimum Gasteiger partial charge on any atom is -0.350 e. The van der Waals surface area contributed by atoms with E-state index in [4.69, 9.17) is 11.6 Å². The topological polar surface area (TPSA) is 34.0 Å². The van der Waals surface area contributed by atoms with Gasteiger partial charge in [0.05, 0.1) is 11.1 Å². The van der Waals surface area contributed by atoms with Crippen molar-refractivity contribution in [2.24, 2.45) is 7.05 Å². The van der Waals surface area contributed by atoms with Gasteiger partial charge in [0.25, 0.3) is 5.91 Å². The van der Waals surface area contributed by atoms with Crippen molar-refractivity contribution in [1.29, 1.82) is 0 Å². The molecular formula is C16H13ClN2O. The maximum atomic E-state index is 12.4. The molecule has 3 aromatic rings. The normalized spacial score (nSPS) is 10.7. The number of carbonyl (C=O) groups is 1. The van der Waals surface area contributed by atoms with Gasteiger partial charge in [-0.25, -0.2) is 0 Å². The summed E-state index contributed by atoms with van der Waals surface area (Å²) in [4.78, 5) is 12.4. The predicted molar refractivity (Wildman–Crippen MR) is 82.3 cm³/mol. The van der Waals surface area contributed by atoms with E-state index in [1.165, 1.54) is 0 Å². The standard InChI is InChI=1S/C16H13ClN2O/c1-19-9-8-11-4-2-7-14(15(11)19)16(20)18-13-6-3-5-12(17)10-13/h2-10H,1H3,(H,18,20). The summed E-state index contributed by atoms with van der Waals surface area (Å²) in [5.41, 5.74) is 2.26. The van der Waals surface area contributed by atoms with E-state index in [0.29, 0.717) is 16.3 Å². The molecule has 0 unspecified atom stereocenters. The minimum absolute atomic E-state index is 0.139. The van der Waals surface area contributed by atoms with Crippen LogP contribution in [0, 0.1) is 0 Å². The second-order valence-corrected chi connectivity index (χ2v) is 5.07. The number of rotatable bonds is 2. The molecule has 0 saturated heterocycles. The van der Waals surface area contributed by atoms with Crippen LogP contribution in [0.1, 0.15) is 10.4 Å². The van der Waals surface area contributed by atoms with Gasteiger partial charge in [0.15, 0.2) is 0 Å². The van der Waals surface area contributed by atoms with Crippen LogP contribution in [0.15, 0.2) is 54.7 Å². The van der Waals surface area contributed by atoms with Gasteiger partial charge in [0.1, 0.15) is 0 Å². The Morgan fingerprint density at radius 2 is 1.95 bits per heavy atom. The zero-order chi connectivity index (χ0) is 14.1. The monoisotopic (exact) mass is 284 g/mol. The zero-order valence-electron chi connectivity index (χ0n) is 10.9. The first-order valence-corrected chi connectivity index (χ1v) is 6.64. The molecule has 1 aromatic heterocycles. The molecule has 0 fully saturated rings. The number of hydrogen-bond donors (Lipinski definition) is 1. The number of aryl methyl sites for hydroxylation is 1. The third-order valence-corrected chi connectivity index (χ3v) is 3.46. The summed E-state index contributed by atoms with van der Waals surface area (Å²) in [6.45, 7) is 0. The molecule has 0 spiro atoms. The highest BCUT2D eigenvalue weighted by Gasteiger charge is 2.12. The van der Waals surface area contributed by atoms with Gasteiger partial charge >= 0.3 is 0 Å². The highest BCUT2D eigenvalue weighted by molar-refractivity contribution is 6.31. The fourth-order valence-corrected chi connectivity index (χ4v) is 2.49. The van der Waals surface area contributed by atoms with Gasteiger partial charge < -0.3 is 9.88 Å². The quantitative estimate of drug-likeness (QED) is 0.756. The first-order valence-electron chi connectivity index (χ1n) is 6.26. The third kappa shape index (κ3) is 2.28. The summed E-state index contributed by atoms with van der Waals surface area (Å²) in [5.74, 6) is -0.139. The lowest BCUT2D eigenvalue weighted by molar-refractivity contribution is 0.102. The number of nitrogens with zero attached hydrogens (tertiary/aromatic N) is 1. The van der Waals surface area contributed by atoms with Crippen molar-refractivity contribution in [3.63, 3.8) is 0 Å². The lowest BCUT2D eigenvalue weighted by atomic mass is 10.1. The van der Waals surface area contributed by atoms with Gasteiger partial charge in [-0.2, -0.15) is 0 Å². The van der Waals surface area contributed by atoms with Crippen LogP contribution in [-0.4, -0.2) is 10.5 Å². The molecule has 1 heterocycles. The van der Waals surface area contributed by atoms with E-state index >= 15 is 0 Å². The van der Waals surface area contributed by atoms with Crippen molar-refractivity contribution < 1.29 is 4.79 Å². The fourth-order valence-electron chi connectivity index (χ4n) is 2.30. The summed E-state index contributed by atoms with van der Waals surface area (Å²) in [7, 11) is 1.93. The Hall–Kier alpha value is -2.26. The molecule has 2 aromatic carbocycles. The lowest BCUT2D eigenvalue weighted by Gasteiger charge is -2.08. The number of carbonyl (C=O) groups excluding carboxylic acids is 1. The van der Waals surface area contributed by atoms with Crippen molar-refractivity contribution >= 4 is 34.1 Å². The summed E-state index contributed by atoms with van der Waals surface area (Å²) in [6, 6.07) is 14.8. The van der Waals surface area contributed by atoms with Crippen molar-refractivity contribution in [3.05, 3.63) is 65.3 Å². The van der Waals surface area contributed by atoms with E-state index in [0.717, 1.165) is 10.9 Å². The van der Waals surface area contributed by atoms with Gasteiger partial charge in [-0.05, 0) is 30.3 Å². The van der Waals surface area contributed by atoms with Crippen LogP contribution in [0.4, 0.5) is 5.69 Å². The highest BCUT2D eigenvalue weighted by Crippen LogP contribution is 2.21. The lowest BCUT2D eigenvalue weighted by Crippen LogP contribution is -2.13. The molecule has 3 rings (SSSR count). The number of halogens is 1. The minimum atomic E-state index is -0.139. The molecule has 20 heavy (non-hydrogen) atoms. The van der Waals surface area contributed by atoms with Gasteiger partial charge in [-0.1, -0.05) is 29.8 Å². The summed E-state index contributed by atoms with van der Waals surface area (Å²) in [6.07, 6.45) is 1.95. The summed E-state index contributed by atoms with van der Waals surface area (Å²) < 4.78 is 1.95. The van der Waals surface area contributed by atoms with E-state index in [2.05, 4.69) is 5.32 Å². The van der Waals surface area contributed by atoms with E-state index in [1.54, 1.807) is 18.2 Å². The second kappa shape index (κ2) is 5.02. The van der Waals surface area contributed by atoms with Gasteiger partial charge in [-0.3, -0.25) is 4.79 Å². The molecule has 0 bridgehead atoms. The highest BCUT2D eigenvalue weighted by atomic mass is 35.5. The van der Waals surface area contributed by atoms with Crippen molar-refractivity contribution in [2.45, 2.75) is 0 Å². The van der Waals surface area contributed by atoms with Gasteiger partial charge in [0, 0.05) is 29.3 Å². The van der Waals surface area contributed by atoms with Crippen LogP contribution in [0.3, 0.4) is 0 Å². The molecule has 3 nitrogen and oxygen atoms in total. The predicted octanol–water partition coefficient (Wildman–Crippen LogP) is 4.08. The Labute approximate surface area is 121 Å². The number of para-hydroxylation sites is 1. The Morgan fingerprint density at radius 1 is 1.15 bits per heavy atom. The molecular weight excluding hydrogens is 272 g/mol. The van der Waals surface area contributed by atoms with E-state index in [-0.39, 0.29) is 5.91 Å². The fraction of sp³-hybridized carbons (Fsp3) is 0.0625. The largest absolute Gasteiger partial charge is 0.350 e. The number of anilines is 1. The van der Waals surface area contributed by atoms with Crippen LogP contribution >= 0.6 is 11.6 Å². The van der Waals surface area contributed by atoms with E-state index < -0.39 is 0 Å². The Kier molecular flexibility index (Phi) is 3.20. The van der Waals surface area contributed by atoms with Crippen molar-refractivity contribution in [2.75, 3.05) is 5.32 Å². The molecule has 1 amide bonds. The number of amides is 1. The van der Waals surface area contributed by atoms with E-state index in [1.807, 2.05) is 48.1 Å². The van der Waals surface area contributed by atoms with Crippen LogP contribution in [-0.2, 0) is 7.05 Å². The third-order valence-electron chi connectivity index (χ3n) is 3.22.